The van der Waals surface area contributed by atoms with Gasteiger partial charge in [-0.1, -0.05) is 48.5 Å². The number of rotatable bonds is 1. The number of hydrogen-bond acceptors (Lipinski definition) is 1. The first kappa shape index (κ1) is 12.4. The molecule has 5 aromatic rings. The second-order valence-electron chi connectivity index (χ2n) is 5.74. The normalized spacial score (nSPS) is 11.5. The molecule has 0 spiro atoms. The summed E-state index contributed by atoms with van der Waals surface area (Å²) in [6.07, 6.45) is 3.69. The van der Waals surface area contributed by atoms with E-state index in [1.165, 1.54) is 32.6 Å². The molecule has 0 aliphatic carbocycles. The first-order chi connectivity index (χ1) is 11.4. The third kappa shape index (κ3) is 1.72. The van der Waals surface area contributed by atoms with Crippen LogP contribution in [0.2, 0.25) is 0 Å². The molecule has 0 aliphatic rings. The summed E-state index contributed by atoms with van der Waals surface area (Å²) in [5.74, 6) is 0. The monoisotopic (exact) mass is 294 g/mol. The lowest BCUT2D eigenvalue weighted by molar-refractivity contribution is 1.16. The molecule has 0 unspecified atom stereocenters. The lowest BCUT2D eigenvalue weighted by Crippen LogP contribution is -1.93. The highest BCUT2D eigenvalue weighted by Crippen LogP contribution is 2.36. The van der Waals surface area contributed by atoms with Crippen LogP contribution in [-0.2, 0) is 0 Å². The van der Waals surface area contributed by atoms with E-state index in [4.69, 9.17) is 0 Å². The molecule has 108 valence electrons. The van der Waals surface area contributed by atoms with Crippen molar-refractivity contribution in [2.45, 2.75) is 0 Å². The Bertz CT molecular complexity index is 1150. The van der Waals surface area contributed by atoms with E-state index >= 15 is 0 Å². The standard InChI is InChI=1S/C21H14N2/c1-2-6-17-15(5-1)9-10-20-21(17)18-7-3-4-8-19(18)23(20)16-11-13-22-14-12-16/h1-14H. The molecule has 23 heavy (non-hydrogen) atoms. The van der Waals surface area contributed by atoms with Gasteiger partial charge in [-0.25, -0.2) is 0 Å². The van der Waals surface area contributed by atoms with Crippen LogP contribution in [0.5, 0.6) is 0 Å². The van der Waals surface area contributed by atoms with Gasteiger partial charge < -0.3 is 4.57 Å². The Hall–Kier alpha value is -3.13. The summed E-state index contributed by atoms with van der Waals surface area (Å²) >= 11 is 0. The van der Waals surface area contributed by atoms with E-state index in [0.717, 1.165) is 5.69 Å². The Balaban J connectivity index is 2.07. The van der Waals surface area contributed by atoms with Crippen LogP contribution in [-0.4, -0.2) is 9.55 Å². The fourth-order valence-electron chi connectivity index (χ4n) is 3.51. The molecule has 0 atom stereocenters. The molecule has 2 aromatic heterocycles. The third-order valence-electron chi connectivity index (χ3n) is 4.48. The van der Waals surface area contributed by atoms with E-state index in [-0.39, 0.29) is 0 Å². The van der Waals surface area contributed by atoms with Crippen molar-refractivity contribution in [3.05, 3.63) is 85.2 Å². The minimum atomic E-state index is 1.14. The van der Waals surface area contributed by atoms with E-state index in [2.05, 4.69) is 82.3 Å². The number of hydrogen-bond donors (Lipinski definition) is 0. The van der Waals surface area contributed by atoms with Crippen molar-refractivity contribution >= 4 is 32.6 Å². The van der Waals surface area contributed by atoms with Gasteiger partial charge in [0.1, 0.15) is 0 Å². The van der Waals surface area contributed by atoms with Gasteiger partial charge in [0.25, 0.3) is 0 Å². The molecule has 2 nitrogen and oxygen atoms in total. The van der Waals surface area contributed by atoms with Crippen LogP contribution >= 0.6 is 0 Å². The number of nitrogens with zero attached hydrogens (tertiary/aromatic N) is 2. The first-order valence-corrected chi connectivity index (χ1v) is 7.75. The van der Waals surface area contributed by atoms with Crippen molar-refractivity contribution in [2.75, 3.05) is 0 Å². The lowest BCUT2D eigenvalue weighted by Gasteiger charge is -2.07. The van der Waals surface area contributed by atoms with Gasteiger partial charge in [-0.15, -0.1) is 0 Å². The van der Waals surface area contributed by atoms with Crippen LogP contribution in [0.3, 0.4) is 0 Å². The molecule has 0 aliphatic heterocycles. The second kappa shape index (κ2) is 4.68. The molecule has 0 bridgehead atoms. The van der Waals surface area contributed by atoms with Gasteiger partial charge in [0.05, 0.1) is 11.0 Å². The van der Waals surface area contributed by atoms with E-state index in [9.17, 15) is 0 Å². The van der Waals surface area contributed by atoms with Crippen molar-refractivity contribution in [2.24, 2.45) is 0 Å². The highest BCUT2D eigenvalue weighted by atomic mass is 15.0. The average Bonchev–Trinajstić information content (AvgIpc) is 2.97. The molecule has 2 heterocycles. The predicted octanol–water partition coefficient (Wildman–Crippen LogP) is 5.33. The van der Waals surface area contributed by atoms with Crippen molar-refractivity contribution in [3.8, 4) is 5.69 Å². The molecule has 0 fully saturated rings. The summed E-state index contributed by atoms with van der Waals surface area (Å²) in [5, 5.41) is 5.18. The van der Waals surface area contributed by atoms with Gasteiger partial charge in [0.15, 0.2) is 0 Å². The molecule has 0 saturated heterocycles. The van der Waals surface area contributed by atoms with Gasteiger partial charge in [0, 0.05) is 28.9 Å². The average molecular weight is 294 g/mol. The van der Waals surface area contributed by atoms with Crippen LogP contribution < -0.4 is 0 Å². The number of fused-ring (bicyclic) bond motifs is 5. The van der Waals surface area contributed by atoms with E-state index < -0.39 is 0 Å². The van der Waals surface area contributed by atoms with Crippen LogP contribution in [0.4, 0.5) is 0 Å². The van der Waals surface area contributed by atoms with Gasteiger partial charge in [-0.05, 0) is 35.0 Å². The smallest absolute Gasteiger partial charge is 0.0547 e. The molecule has 3 aromatic carbocycles. The maximum atomic E-state index is 4.15. The van der Waals surface area contributed by atoms with Crippen LogP contribution in [0.1, 0.15) is 0 Å². The van der Waals surface area contributed by atoms with E-state index in [0.29, 0.717) is 0 Å². The maximum absolute atomic E-state index is 4.15. The molecule has 0 N–H and O–H groups in total. The Kier molecular flexibility index (Phi) is 2.53. The summed E-state index contributed by atoms with van der Waals surface area (Å²) in [6, 6.07) is 25.7. The van der Waals surface area contributed by atoms with E-state index in [1.54, 1.807) is 0 Å². The highest BCUT2D eigenvalue weighted by molar-refractivity contribution is 6.21. The number of aromatic nitrogens is 2. The van der Waals surface area contributed by atoms with E-state index in [1.807, 2.05) is 12.4 Å². The summed E-state index contributed by atoms with van der Waals surface area (Å²) in [5.41, 5.74) is 3.60. The Labute approximate surface area is 133 Å². The zero-order valence-electron chi connectivity index (χ0n) is 12.5. The van der Waals surface area contributed by atoms with Crippen LogP contribution in [0.25, 0.3) is 38.3 Å². The summed E-state index contributed by atoms with van der Waals surface area (Å²) < 4.78 is 2.32. The molecule has 0 amide bonds. The second-order valence-corrected chi connectivity index (χ2v) is 5.74. The van der Waals surface area contributed by atoms with Crippen LogP contribution in [0, 0.1) is 0 Å². The third-order valence-corrected chi connectivity index (χ3v) is 4.48. The molecule has 5 rings (SSSR count). The minimum absolute atomic E-state index is 1.14. The molecule has 0 radical (unpaired) electrons. The highest BCUT2D eigenvalue weighted by Gasteiger charge is 2.13. The summed E-state index contributed by atoms with van der Waals surface area (Å²) in [6.45, 7) is 0. The van der Waals surface area contributed by atoms with Gasteiger partial charge in [-0.2, -0.15) is 0 Å². The summed E-state index contributed by atoms with van der Waals surface area (Å²) in [4.78, 5) is 4.15. The Morgan fingerprint density at radius 1 is 0.609 bits per heavy atom. The zero-order chi connectivity index (χ0) is 15.2. The fourth-order valence-corrected chi connectivity index (χ4v) is 3.51. The van der Waals surface area contributed by atoms with Crippen molar-refractivity contribution in [3.63, 3.8) is 0 Å². The van der Waals surface area contributed by atoms with Gasteiger partial charge in [-0.3, -0.25) is 4.98 Å². The molecular formula is C21H14N2. The predicted molar refractivity (Wildman–Crippen MR) is 96.1 cm³/mol. The number of benzene rings is 3. The molecule has 0 saturated carbocycles. The van der Waals surface area contributed by atoms with Crippen molar-refractivity contribution < 1.29 is 0 Å². The SMILES string of the molecule is c1ccc2c(c1)ccc1c2c2ccccc2n1-c1ccncc1. The number of pyridine rings is 1. The van der Waals surface area contributed by atoms with Gasteiger partial charge in [0.2, 0.25) is 0 Å². The molecule has 2 heteroatoms. The number of para-hydroxylation sites is 1. The van der Waals surface area contributed by atoms with Crippen molar-refractivity contribution in [1.82, 2.24) is 9.55 Å². The lowest BCUT2D eigenvalue weighted by atomic mass is 10.0. The largest absolute Gasteiger partial charge is 0.309 e. The van der Waals surface area contributed by atoms with Crippen molar-refractivity contribution in [1.29, 1.82) is 0 Å². The molecular weight excluding hydrogens is 280 g/mol. The Morgan fingerprint density at radius 2 is 1.35 bits per heavy atom. The quantitative estimate of drug-likeness (QED) is 0.408. The topological polar surface area (TPSA) is 17.8 Å². The zero-order valence-corrected chi connectivity index (χ0v) is 12.5. The Morgan fingerprint density at radius 3 is 2.22 bits per heavy atom. The fraction of sp³-hybridized carbons (Fsp3) is 0. The van der Waals surface area contributed by atoms with Crippen LogP contribution in [0.15, 0.2) is 85.2 Å². The van der Waals surface area contributed by atoms with Gasteiger partial charge >= 0.3 is 0 Å². The first-order valence-electron chi connectivity index (χ1n) is 7.75. The summed E-state index contributed by atoms with van der Waals surface area (Å²) in [7, 11) is 0. The minimum Gasteiger partial charge on any atom is -0.309 e. The maximum Gasteiger partial charge on any atom is 0.0547 e.